The van der Waals surface area contributed by atoms with Crippen molar-refractivity contribution in [3.8, 4) is 0 Å². The summed E-state index contributed by atoms with van der Waals surface area (Å²) in [6, 6.07) is -0.348. The summed E-state index contributed by atoms with van der Waals surface area (Å²) in [7, 11) is 1.62. The zero-order valence-electron chi connectivity index (χ0n) is 7.99. The molecule has 1 fully saturated rings. The van der Waals surface area contributed by atoms with Crippen LogP contribution in [-0.4, -0.2) is 48.3 Å². The Balaban J connectivity index is 2.02. The van der Waals surface area contributed by atoms with Gasteiger partial charge in [-0.15, -0.1) is 10.2 Å². The Labute approximate surface area is 84.5 Å². The third kappa shape index (κ3) is 1.65. The average Bonchev–Trinajstić information content (AvgIpc) is 2.48. The number of imide groups is 1. The van der Waals surface area contributed by atoms with Crippen LogP contribution in [0.25, 0.3) is 0 Å². The van der Waals surface area contributed by atoms with Crippen molar-refractivity contribution in [1.82, 2.24) is 25.1 Å². The molecule has 0 spiro atoms. The van der Waals surface area contributed by atoms with Gasteiger partial charge in [0.15, 0.2) is 5.82 Å². The highest BCUT2D eigenvalue weighted by Gasteiger charge is 2.41. The molecule has 1 saturated heterocycles. The molecule has 0 radical (unpaired) electrons. The average molecular weight is 211 g/mol. The molecule has 0 bridgehead atoms. The third-order valence-corrected chi connectivity index (χ3v) is 2.22. The first-order chi connectivity index (χ1) is 7.08. The Bertz CT molecular complexity index is 407. The van der Waals surface area contributed by atoms with E-state index in [0.717, 1.165) is 4.90 Å². The molecule has 15 heavy (non-hydrogen) atoms. The molecule has 2 amide bonds. The maximum Gasteiger partial charge on any atom is 0.414 e. The molecule has 80 valence electrons. The van der Waals surface area contributed by atoms with Gasteiger partial charge in [0.1, 0.15) is 0 Å². The summed E-state index contributed by atoms with van der Waals surface area (Å²) in [6.07, 6.45) is -0.670. The zero-order chi connectivity index (χ0) is 11.0. The van der Waals surface area contributed by atoms with E-state index in [0.29, 0.717) is 12.2 Å². The molecule has 0 aliphatic carbocycles. The van der Waals surface area contributed by atoms with Crippen LogP contribution in [-0.2, 0) is 18.3 Å². The monoisotopic (exact) mass is 211 g/mol. The summed E-state index contributed by atoms with van der Waals surface area (Å²) in [6.45, 7) is 0. The molecule has 0 aromatic carbocycles. The van der Waals surface area contributed by atoms with E-state index in [9.17, 15) is 9.59 Å². The van der Waals surface area contributed by atoms with Gasteiger partial charge in [-0.1, -0.05) is 0 Å². The minimum atomic E-state index is -1.22. The van der Waals surface area contributed by atoms with E-state index in [1.54, 1.807) is 7.05 Å². The summed E-state index contributed by atoms with van der Waals surface area (Å²) in [5, 5.41) is 20.0. The Hall–Kier alpha value is -1.99. The van der Waals surface area contributed by atoms with Gasteiger partial charge in [-0.05, 0) is 5.21 Å². The smallest absolute Gasteiger partial charge is 0.414 e. The SMILES string of the molecule is Cn1nnc(C[C@@H]2CC(=O)N2C(=O)O)n1. The molecule has 2 rings (SSSR count). The number of carboxylic acid groups (broad SMARTS) is 1. The van der Waals surface area contributed by atoms with Gasteiger partial charge in [0, 0.05) is 12.8 Å². The first-order valence-corrected chi connectivity index (χ1v) is 4.36. The molecule has 1 aliphatic heterocycles. The quantitative estimate of drug-likeness (QED) is 0.631. The minimum Gasteiger partial charge on any atom is -0.465 e. The number of hydrogen-bond donors (Lipinski definition) is 1. The normalized spacial score (nSPS) is 20.2. The van der Waals surface area contributed by atoms with Crippen LogP contribution in [0.4, 0.5) is 4.79 Å². The Morgan fingerprint density at radius 1 is 1.67 bits per heavy atom. The number of aromatic nitrogens is 4. The lowest BCUT2D eigenvalue weighted by atomic mass is 9.99. The molecule has 0 unspecified atom stereocenters. The molecule has 1 aliphatic rings. The first-order valence-electron chi connectivity index (χ1n) is 4.36. The van der Waals surface area contributed by atoms with E-state index >= 15 is 0 Å². The number of amides is 2. The lowest BCUT2D eigenvalue weighted by Gasteiger charge is -2.35. The van der Waals surface area contributed by atoms with Crippen LogP contribution < -0.4 is 0 Å². The molecule has 1 aromatic heterocycles. The van der Waals surface area contributed by atoms with E-state index in [4.69, 9.17) is 5.11 Å². The Morgan fingerprint density at radius 3 is 2.87 bits per heavy atom. The minimum absolute atomic E-state index is 0.227. The van der Waals surface area contributed by atoms with Crippen LogP contribution in [0.3, 0.4) is 0 Å². The van der Waals surface area contributed by atoms with Crippen LogP contribution >= 0.6 is 0 Å². The fourth-order valence-corrected chi connectivity index (χ4v) is 1.52. The third-order valence-electron chi connectivity index (χ3n) is 2.22. The number of β-lactam (4-membered cyclic amide) rings is 1. The highest BCUT2D eigenvalue weighted by molar-refractivity contribution is 5.96. The summed E-state index contributed by atoms with van der Waals surface area (Å²) >= 11 is 0. The lowest BCUT2D eigenvalue weighted by molar-refractivity contribution is -0.142. The fourth-order valence-electron chi connectivity index (χ4n) is 1.52. The summed E-state index contributed by atoms with van der Waals surface area (Å²) in [5.41, 5.74) is 0. The number of tetrazole rings is 1. The zero-order valence-corrected chi connectivity index (χ0v) is 7.99. The largest absolute Gasteiger partial charge is 0.465 e. The van der Waals surface area contributed by atoms with Crippen molar-refractivity contribution in [3.63, 3.8) is 0 Å². The highest BCUT2D eigenvalue weighted by Crippen LogP contribution is 2.21. The second-order valence-corrected chi connectivity index (χ2v) is 3.30. The van der Waals surface area contributed by atoms with Gasteiger partial charge in [0.2, 0.25) is 5.91 Å². The van der Waals surface area contributed by atoms with Crippen molar-refractivity contribution in [1.29, 1.82) is 0 Å². The molecule has 0 saturated carbocycles. The number of rotatable bonds is 2. The molecular weight excluding hydrogens is 202 g/mol. The predicted molar refractivity (Wildman–Crippen MR) is 45.8 cm³/mol. The van der Waals surface area contributed by atoms with E-state index in [2.05, 4.69) is 15.4 Å². The van der Waals surface area contributed by atoms with E-state index < -0.39 is 6.09 Å². The lowest BCUT2D eigenvalue weighted by Crippen LogP contribution is -2.56. The number of nitrogens with zero attached hydrogens (tertiary/aromatic N) is 5. The van der Waals surface area contributed by atoms with Crippen LogP contribution in [0.15, 0.2) is 0 Å². The summed E-state index contributed by atoms with van der Waals surface area (Å²) < 4.78 is 0. The molecule has 2 heterocycles. The number of likely N-dealkylation sites (tertiary alicyclic amines) is 1. The van der Waals surface area contributed by atoms with E-state index in [1.807, 2.05) is 0 Å². The standard InChI is InChI=1S/C7H9N5O3/c1-11-9-5(8-10-11)2-4-3-6(13)12(4)7(14)15/h4H,2-3H2,1H3,(H,14,15)/t4-/m1/s1. The first kappa shape index (κ1) is 9.56. The predicted octanol–water partition coefficient (Wildman–Crippen LogP) is -0.969. The van der Waals surface area contributed by atoms with Crippen LogP contribution in [0.2, 0.25) is 0 Å². The van der Waals surface area contributed by atoms with Gasteiger partial charge in [-0.3, -0.25) is 4.79 Å². The van der Waals surface area contributed by atoms with Crippen molar-refractivity contribution in [2.45, 2.75) is 18.9 Å². The van der Waals surface area contributed by atoms with Crippen LogP contribution in [0, 0.1) is 0 Å². The van der Waals surface area contributed by atoms with E-state index in [-0.39, 0.29) is 18.4 Å². The number of carbonyl (C=O) groups excluding carboxylic acids is 1. The molecule has 1 N–H and O–H groups in total. The Morgan fingerprint density at radius 2 is 2.40 bits per heavy atom. The number of hydrogen-bond acceptors (Lipinski definition) is 5. The van der Waals surface area contributed by atoms with Crippen molar-refractivity contribution < 1.29 is 14.7 Å². The van der Waals surface area contributed by atoms with Gasteiger partial charge >= 0.3 is 6.09 Å². The molecule has 1 aromatic rings. The fraction of sp³-hybridized carbons (Fsp3) is 0.571. The molecule has 8 heteroatoms. The number of aryl methyl sites for hydroxylation is 1. The van der Waals surface area contributed by atoms with Crippen LogP contribution in [0.5, 0.6) is 0 Å². The second-order valence-electron chi connectivity index (χ2n) is 3.30. The molecule has 1 atom stereocenters. The van der Waals surface area contributed by atoms with Gasteiger partial charge in [0.25, 0.3) is 0 Å². The van der Waals surface area contributed by atoms with Gasteiger partial charge in [-0.25, -0.2) is 9.69 Å². The van der Waals surface area contributed by atoms with Gasteiger partial charge in [-0.2, -0.15) is 4.80 Å². The van der Waals surface area contributed by atoms with Gasteiger partial charge < -0.3 is 5.11 Å². The maximum absolute atomic E-state index is 11.0. The Kier molecular flexibility index (Phi) is 2.10. The second kappa shape index (κ2) is 3.30. The van der Waals surface area contributed by atoms with Crippen LogP contribution in [0.1, 0.15) is 12.2 Å². The molecular formula is C7H9N5O3. The van der Waals surface area contributed by atoms with Gasteiger partial charge in [0.05, 0.1) is 13.1 Å². The maximum atomic E-state index is 11.0. The van der Waals surface area contributed by atoms with Crippen molar-refractivity contribution >= 4 is 12.0 Å². The molecule has 8 nitrogen and oxygen atoms in total. The van der Waals surface area contributed by atoms with E-state index in [1.165, 1.54) is 4.80 Å². The summed E-state index contributed by atoms with van der Waals surface area (Å²) in [4.78, 5) is 23.7. The summed E-state index contributed by atoms with van der Waals surface area (Å²) in [5.74, 6) is 0.0673. The van der Waals surface area contributed by atoms with Crippen molar-refractivity contribution in [2.24, 2.45) is 7.05 Å². The number of carbonyl (C=O) groups is 2. The van der Waals surface area contributed by atoms with Crippen molar-refractivity contribution in [2.75, 3.05) is 0 Å². The topological polar surface area (TPSA) is 101 Å². The van der Waals surface area contributed by atoms with Crippen molar-refractivity contribution in [3.05, 3.63) is 5.82 Å². The highest BCUT2D eigenvalue weighted by atomic mass is 16.4.